The second-order valence-electron chi connectivity index (χ2n) is 6.44. The maximum Gasteiger partial charge on any atom is 0.251 e. The van der Waals surface area contributed by atoms with Gasteiger partial charge in [-0.2, -0.15) is 0 Å². The number of aromatic nitrogens is 1. The Kier molecular flexibility index (Phi) is 6.99. The molecule has 0 atom stereocenters. The third-order valence-corrected chi connectivity index (χ3v) is 4.36. The summed E-state index contributed by atoms with van der Waals surface area (Å²) in [5.41, 5.74) is 3.20. The van der Waals surface area contributed by atoms with Crippen molar-refractivity contribution in [3.63, 3.8) is 0 Å². The molecule has 27 heavy (non-hydrogen) atoms. The molecule has 0 saturated heterocycles. The molecule has 1 heterocycles. The first kappa shape index (κ1) is 18.6. The van der Waals surface area contributed by atoms with E-state index in [-0.39, 0.29) is 5.91 Å². The molecule has 0 aliphatic carbocycles. The van der Waals surface area contributed by atoms with Crippen molar-refractivity contribution in [2.75, 3.05) is 18.4 Å². The third kappa shape index (κ3) is 6.26. The molecule has 2 aromatic carbocycles. The van der Waals surface area contributed by atoms with E-state index in [1.165, 1.54) is 11.1 Å². The number of hydrogen-bond acceptors (Lipinski definition) is 3. The van der Waals surface area contributed by atoms with Gasteiger partial charge in [-0.05, 0) is 42.5 Å². The Labute approximate surface area is 160 Å². The summed E-state index contributed by atoms with van der Waals surface area (Å²) >= 11 is 0. The minimum absolute atomic E-state index is 0.0587. The van der Waals surface area contributed by atoms with Gasteiger partial charge >= 0.3 is 0 Å². The van der Waals surface area contributed by atoms with Gasteiger partial charge < -0.3 is 10.6 Å². The van der Waals surface area contributed by atoms with Crippen LogP contribution in [0.15, 0.2) is 79.0 Å². The van der Waals surface area contributed by atoms with Crippen LogP contribution in [-0.2, 0) is 12.8 Å². The highest BCUT2D eigenvalue weighted by Gasteiger charge is 2.06. The second-order valence-corrected chi connectivity index (χ2v) is 6.44. The Hall–Kier alpha value is -3.14. The molecule has 0 fully saturated rings. The van der Waals surface area contributed by atoms with Gasteiger partial charge in [0.25, 0.3) is 5.91 Å². The number of rotatable bonds is 9. The smallest absolute Gasteiger partial charge is 0.251 e. The lowest BCUT2D eigenvalue weighted by atomic mass is 10.1. The molecule has 0 saturated carbocycles. The average Bonchev–Trinajstić information content (AvgIpc) is 2.73. The topological polar surface area (TPSA) is 54.0 Å². The molecule has 2 N–H and O–H groups in total. The highest BCUT2D eigenvalue weighted by molar-refractivity contribution is 5.94. The van der Waals surface area contributed by atoms with Crippen LogP contribution in [0.4, 0.5) is 5.82 Å². The Morgan fingerprint density at radius 1 is 0.815 bits per heavy atom. The van der Waals surface area contributed by atoms with Crippen LogP contribution >= 0.6 is 0 Å². The van der Waals surface area contributed by atoms with Gasteiger partial charge in [0.05, 0.1) is 0 Å². The van der Waals surface area contributed by atoms with Crippen LogP contribution in [0.25, 0.3) is 0 Å². The molecule has 3 rings (SSSR count). The van der Waals surface area contributed by atoms with Crippen LogP contribution < -0.4 is 10.6 Å². The van der Waals surface area contributed by atoms with Gasteiger partial charge in [0.15, 0.2) is 0 Å². The maximum absolute atomic E-state index is 12.3. The number of nitrogens with one attached hydrogen (secondary N) is 2. The van der Waals surface area contributed by atoms with Crippen molar-refractivity contribution in [2.24, 2.45) is 0 Å². The molecule has 0 unspecified atom stereocenters. The fourth-order valence-corrected chi connectivity index (χ4v) is 2.89. The van der Waals surface area contributed by atoms with E-state index in [0.29, 0.717) is 12.1 Å². The average molecular weight is 359 g/mol. The number of aryl methyl sites for hydroxylation is 1. The summed E-state index contributed by atoms with van der Waals surface area (Å²) in [6.45, 7) is 1.44. The molecule has 4 heteroatoms. The van der Waals surface area contributed by atoms with Crippen molar-refractivity contribution in [1.82, 2.24) is 10.3 Å². The van der Waals surface area contributed by atoms with Gasteiger partial charge in [0.1, 0.15) is 5.82 Å². The predicted octanol–water partition coefficient (Wildman–Crippen LogP) is 4.10. The summed E-state index contributed by atoms with van der Waals surface area (Å²) in [6.07, 6.45) is 4.47. The van der Waals surface area contributed by atoms with Crippen LogP contribution in [0.5, 0.6) is 0 Å². The number of carbonyl (C=O) groups is 1. The van der Waals surface area contributed by atoms with E-state index < -0.39 is 0 Å². The SMILES string of the molecule is O=C(NCCCc1ccccc1)c1ccnc(NCCc2ccccc2)c1. The number of benzene rings is 2. The van der Waals surface area contributed by atoms with Crippen LogP contribution in [0.3, 0.4) is 0 Å². The van der Waals surface area contributed by atoms with E-state index in [1.807, 2.05) is 36.4 Å². The fourth-order valence-electron chi connectivity index (χ4n) is 2.89. The van der Waals surface area contributed by atoms with Crippen molar-refractivity contribution in [1.29, 1.82) is 0 Å². The molecule has 138 valence electrons. The summed E-state index contributed by atoms with van der Waals surface area (Å²) in [5.74, 6) is 0.666. The first-order chi connectivity index (χ1) is 13.3. The van der Waals surface area contributed by atoms with E-state index in [1.54, 1.807) is 18.3 Å². The number of anilines is 1. The molecule has 4 nitrogen and oxygen atoms in total. The molecule has 0 aliphatic rings. The van der Waals surface area contributed by atoms with Gasteiger partial charge in [-0.3, -0.25) is 4.79 Å². The molecule has 0 radical (unpaired) electrons. The third-order valence-electron chi connectivity index (χ3n) is 4.36. The number of hydrogen-bond donors (Lipinski definition) is 2. The number of nitrogens with zero attached hydrogens (tertiary/aromatic N) is 1. The van der Waals surface area contributed by atoms with Crippen molar-refractivity contribution >= 4 is 11.7 Å². The molecular formula is C23H25N3O. The van der Waals surface area contributed by atoms with Crippen molar-refractivity contribution in [3.8, 4) is 0 Å². The minimum atomic E-state index is -0.0587. The standard InChI is InChI=1S/C23H25N3O/c27-23(26-15-7-12-19-8-3-1-4-9-19)21-14-17-25-22(18-21)24-16-13-20-10-5-2-6-11-20/h1-6,8-11,14,17-18H,7,12-13,15-16H2,(H,24,25)(H,26,27). The second kappa shape index (κ2) is 10.1. The van der Waals surface area contributed by atoms with Gasteiger partial charge in [-0.15, -0.1) is 0 Å². The molecule has 3 aromatic rings. The van der Waals surface area contributed by atoms with Crippen LogP contribution in [-0.4, -0.2) is 24.0 Å². The van der Waals surface area contributed by atoms with E-state index in [0.717, 1.165) is 31.6 Å². The lowest BCUT2D eigenvalue weighted by Gasteiger charge is -2.08. The minimum Gasteiger partial charge on any atom is -0.370 e. The van der Waals surface area contributed by atoms with E-state index in [9.17, 15) is 4.79 Å². The van der Waals surface area contributed by atoms with Crippen LogP contribution in [0.1, 0.15) is 27.9 Å². The summed E-state index contributed by atoms with van der Waals surface area (Å²) in [4.78, 5) is 16.6. The highest BCUT2D eigenvalue weighted by atomic mass is 16.1. The largest absolute Gasteiger partial charge is 0.370 e. The molecule has 0 aliphatic heterocycles. The van der Waals surface area contributed by atoms with Crippen molar-refractivity contribution < 1.29 is 4.79 Å². The quantitative estimate of drug-likeness (QED) is 0.566. The summed E-state index contributed by atoms with van der Waals surface area (Å²) < 4.78 is 0. The lowest BCUT2D eigenvalue weighted by molar-refractivity contribution is 0.0953. The van der Waals surface area contributed by atoms with Crippen LogP contribution in [0, 0.1) is 0 Å². The zero-order valence-electron chi connectivity index (χ0n) is 15.4. The normalized spacial score (nSPS) is 10.4. The number of amides is 1. The Morgan fingerprint density at radius 2 is 1.48 bits per heavy atom. The summed E-state index contributed by atoms with van der Waals surface area (Å²) in [7, 11) is 0. The molecule has 1 amide bonds. The first-order valence-corrected chi connectivity index (χ1v) is 9.37. The monoisotopic (exact) mass is 359 g/mol. The lowest BCUT2D eigenvalue weighted by Crippen LogP contribution is -2.25. The van der Waals surface area contributed by atoms with Gasteiger partial charge in [-0.25, -0.2) is 4.98 Å². The molecule has 0 bridgehead atoms. The first-order valence-electron chi connectivity index (χ1n) is 9.37. The van der Waals surface area contributed by atoms with Gasteiger partial charge in [0, 0.05) is 24.8 Å². The number of carbonyl (C=O) groups excluding carboxylic acids is 1. The maximum atomic E-state index is 12.3. The van der Waals surface area contributed by atoms with E-state index in [2.05, 4.69) is 39.9 Å². The van der Waals surface area contributed by atoms with E-state index in [4.69, 9.17) is 0 Å². The zero-order chi connectivity index (χ0) is 18.7. The molecular weight excluding hydrogens is 334 g/mol. The highest BCUT2D eigenvalue weighted by Crippen LogP contribution is 2.08. The summed E-state index contributed by atoms with van der Waals surface area (Å²) in [5, 5.41) is 6.27. The van der Waals surface area contributed by atoms with E-state index >= 15 is 0 Å². The predicted molar refractivity (Wildman–Crippen MR) is 110 cm³/mol. The fraction of sp³-hybridized carbons (Fsp3) is 0.217. The van der Waals surface area contributed by atoms with Gasteiger partial charge in [0.2, 0.25) is 0 Å². The van der Waals surface area contributed by atoms with Crippen LogP contribution in [0.2, 0.25) is 0 Å². The Morgan fingerprint density at radius 3 is 2.19 bits per heavy atom. The number of pyridine rings is 1. The Balaban J connectivity index is 1.42. The van der Waals surface area contributed by atoms with Gasteiger partial charge in [-0.1, -0.05) is 60.7 Å². The molecule has 0 spiro atoms. The van der Waals surface area contributed by atoms with Crippen molar-refractivity contribution in [3.05, 3.63) is 95.7 Å². The molecule has 1 aromatic heterocycles. The van der Waals surface area contributed by atoms with Crippen molar-refractivity contribution in [2.45, 2.75) is 19.3 Å². The zero-order valence-corrected chi connectivity index (χ0v) is 15.4. The Bertz CT molecular complexity index is 835. The summed E-state index contributed by atoms with van der Waals surface area (Å²) in [6, 6.07) is 24.2.